The fraction of sp³-hybridized carbons (Fsp3) is 0.938. The van der Waals surface area contributed by atoms with Gasteiger partial charge in [-0.05, 0) is 44.9 Å². The lowest BCUT2D eigenvalue weighted by Gasteiger charge is -2.63. The number of carbonyl (C=O) groups excluding carboxylic acids is 2. The highest BCUT2D eigenvalue weighted by molar-refractivity contribution is 6.22. The molecule has 3 saturated carbocycles. The Morgan fingerprint density at radius 3 is 2.18 bits per heavy atom. The van der Waals surface area contributed by atoms with E-state index in [2.05, 4.69) is 6.92 Å². The summed E-state index contributed by atoms with van der Waals surface area (Å²) in [5.74, 6) is 0.581. The lowest BCUT2D eigenvalue weighted by Crippen LogP contribution is -2.79. The summed E-state index contributed by atoms with van der Waals surface area (Å²) in [5, 5.41) is -0.406. The van der Waals surface area contributed by atoms with Crippen LogP contribution in [0.3, 0.4) is 0 Å². The van der Waals surface area contributed by atoms with E-state index in [-0.39, 0.29) is 35.9 Å². The average Bonchev–Trinajstić information content (AvgIpc) is 3.24. The third kappa shape index (κ3) is 4.40. The molecule has 6 fully saturated rings. The van der Waals surface area contributed by atoms with Crippen LogP contribution in [0.4, 0.5) is 0 Å². The molecule has 6 aliphatic rings. The predicted octanol–water partition coefficient (Wildman–Crippen LogP) is 5.47. The maximum Gasteiger partial charge on any atom is 0.182 e. The number of ether oxygens (including phenoxy) is 3. The number of nitrogens with zero attached hydrogens (tertiary/aromatic N) is 1. The van der Waals surface area contributed by atoms with Crippen molar-refractivity contribution < 1.29 is 28.3 Å². The van der Waals surface area contributed by atoms with Gasteiger partial charge in [0.1, 0.15) is 11.8 Å². The number of carbonyl (C=O) groups is 2. The molecule has 8 unspecified atom stereocenters. The van der Waals surface area contributed by atoms with Gasteiger partial charge in [-0.15, -0.1) is 11.6 Å². The zero-order valence-corrected chi connectivity index (χ0v) is 25.2. The molecule has 220 valence electrons. The second-order valence-corrected chi connectivity index (χ2v) is 14.5. The van der Waals surface area contributed by atoms with Gasteiger partial charge in [-0.2, -0.15) is 0 Å². The first kappa shape index (κ1) is 28.6. The van der Waals surface area contributed by atoms with E-state index in [9.17, 15) is 4.79 Å². The number of halogens is 1. The number of hydrogen-bond acceptors (Lipinski definition) is 5. The van der Waals surface area contributed by atoms with Gasteiger partial charge in [0.05, 0.1) is 54.7 Å². The Labute approximate surface area is 240 Å². The molecule has 0 bridgehead atoms. The van der Waals surface area contributed by atoms with Crippen LogP contribution in [0.1, 0.15) is 96.8 Å². The van der Waals surface area contributed by atoms with Crippen molar-refractivity contribution in [3.63, 3.8) is 0 Å². The highest BCUT2D eigenvalue weighted by Crippen LogP contribution is 2.58. The van der Waals surface area contributed by atoms with Crippen LogP contribution < -0.4 is 0 Å². The normalized spacial score (nSPS) is 47.0. The minimum Gasteiger partial charge on any atom is -0.380 e. The van der Waals surface area contributed by atoms with E-state index in [1.807, 2.05) is 0 Å². The van der Waals surface area contributed by atoms with E-state index in [1.54, 1.807) is 14.2 Å². The molecule has 10 atom stereocenters. The second-order valence-electron chi connectivity index (χ2n) is 14.0. The first-order valence-electron chi connectivity index (χ1n) is 16.2. The Morgan fingerprint density at radius 2 is 1.51 bits per heavy atom. The third-order valence-corrected chi connectivity index (χ3v) is 12.8. The van der Waals surface area contributed by atoms with Crippen molar-refractivity contribution in [3.8, 4) is 0 Å². The number of alkyl halides is 1. The van der Waals surface area contributed by atoms with Crippen molar-refractivity contribution in [2.75, 3.05) is 27.3 Å². The number of methoxy groups -OCH3 is 2. The Hall–Kier alpha value is -0.530. The van der Waals surface area contributed by atoms with E-state index in [0.29, 0.717) is 30.6 Å². The Morgan fingerprint density at radius 1 is 0.872 bits per heavy atom. The SMILES string of the molecule is COC1CC(OC)C2C(=O)[C@@]3(OC2C1Cl)C1C(CCC(C2CCCCC2)[N+]12CCCCCCC2)C(=O)C[C@H]3C. The van der Waals surface area contributed by atoms with E-state index in [0.717, 1.165) is 30.4 Å². The molecule has 3 heterocycles. The van der Waals surface area contributed by atoms with E-state index < -0.39 is 23.0 Å². The standard InChI is InChI=1S/C32H51ClNO5/c1-20-18-24(35)22-14-15-23(21-12-8-7-9-13-21)34(16-10-5-4-6-11-17-34)30(22)32(20)31(36)27-25(37-2)19-26(38-3)28(33)29(27)39-32/h20-23,25-30H,4-19H2,1-3H3/q+1/t20-,22?,23?,25?,26?,27?,28?,29?,30?,32+/m1/s1. The predicted molar refractivity (Wildman–Crippen MR) is 151 cm³/mol. The lowest BCUT2D eigenvalue weighted by atomic mass is 9.58. The molecule has 6 rings (SSSR count). The first-order chi connectivity index (χ1) is 18.9. The molecule has 0 radical (unpaired) electrons. The van der Waals surface area contributed by atoms with Crippen molar-refractivity contribution >= 4 is 23.2 Å². The highest BCUT2D eigenvalue weighted by atomic mass is 35.5. The summed E-state index contributed by atoms with van der Waals surface area (Å²) in [4.78, 5) is 28.9. The van der Waals surface area contributed by atoms with E-state index in [4.69, 9.17) is 25.8 Å². The molecule has 0 aromatic carbocycles. The van der Waals surface area contributed by atoms with Gasteiger partial charge in [-0.3, -0.25) is 9.59 Å². The smallest absolute Gasteiger partial charge is 0.182 e. The van der Waals surface area contributed by atoms with Crippen LogP contribution in [0, 0.1) is 23.7 Å². The summed E-state index contributed by atoms with van der Waals surface area (Å²) in [7, 11) is 3.39. The maximum atomic E-state index is 15.0. The second kappa shape index (κ2) is 11.3. The number of quaternary nitrogens is 1. The van der Waals surface area contributed by atoms with Crippen LogP contribution in [-0.4, -0.2) is 84.7 Å². The van der Waals surface area contributed by atoms with Gasteiger partial charge in [-0.1, -0.05) is 32.6 Å². The summed E-state index contributed by atoms with van der Waals surface area (Å²) in [6.07, 6.45) is 14.8. The van der Waals surface area contributed by atoms with Crippen LogP contribution >= 0.6 is 11.6 Å². The molecule has 0 N–H and O–H groups in total. The minimum absolute atomic E-state index is 0.0995. The Balaban J connectivity index is 1.49. The maximum absolute atomic E-state index is 15.0. The molecule has 0 amide bonds. The van der Waals surface area contributed by atoms with Crippen LogP contribution in [0.5, 0.6) is 0 Å². The van der Waals surface area contributed by atoms with Crippen molar-refractivity contribution in [1.29, 1.82) is 0 Å². The van der Waals surface area contributed by atoms with Crippen molar-refractivity contribution in [2.24, 2.45) is 23.7 Å². The van der Waals surface area contributed by atoms with Crippen LogP contribution in [0.15, 0.2) is 0 Å². The number of ketones is 2. The summed E-state index contributed by atoms with van der Waals surface area (Å²) >= 11 is 7.07. The van der Waals surface area contributed by atoms with Crippen molar-refractivity contribution in [2.45, 2.75) is 138 Å². The molecule has 0 aromatic heterocycles. The molecular weight excluding hydrogens is 514 g/mol. The molecule has 2 spiro atoms. The first-order valence-corrected chi connectivity index (χ1v) is 16.6. The largest absolute Gasteiger partial charge is 0.380 e. The quantitative estimate of drug-likeness (QED) is 0.336. The highest BCUT2D eigenvalue weighted by Gasteiger charge is 2.75. The van der Waals surface area contributed by atoms with E-state index in [1.165, 1.54) is 64.2 Å². The molecule has 3 aliphatic carbocycles. The van der Waals surface area contributed by atoms with Gasteiger partial charge in [-0.25, -0.2) is 0 Å². The fourth-order valence-electron chi connectivity index (χ4n) is 10.7. The van der Waals surface area contributed by atoms with Crippen LogP contribution in [0.25, 0.3) is 0 Å². The third-order valence-electron chi connectivity index (χ3n) is 12.3. The zero-order chi connectivity index (χ0) is 27.4. The van der Waals surface area contributed by atoms with Crippen molar-refractivity contribution in [1.82, 2.24) is 0 Å². The van der Waals surface area contributed by atoms with Gasteiger partial charge < -0.3 is 18.7 Å². The number of rotatable bonds is 3. The van der Waals surface area contributed by atoms with Crippen LogP contribution in [-0.2, 0) is 23.8 Å². The Kier molecular flexibility index (Phi) is 8.27. The molecule has 3 aliphatic heterocycles. The minimum atomic E-state index is -0.979. The van der Waals surface area contributed by atoms with Gasteiger partial charge in [0.2, 0.25) is 0 Å². The number of piperidine rings is 1. The number of Topliss-reactive ketones (excluding diaryl/α,β-unsaturated/α-hetero) is 2. The average molecular weight is 565 g/mol. The fourth-order valence-corrected chi connectivity index (χ4v) is 11.1. The molecule has 39 heavy (non-hydrogen) atoms. The van der Waals surface area contributed by atoms with Gasteiger partial charge >= 0.3 is 0 Å². The monoisotopic (exact) mass is 564 g/mol. The summed E-state index contributed by atoms with van der Waals surface area (Å²) in [5.41, 5.74) is -0.979. The number of hydrogen-bond donors (Lipinski definition) is 0. The van der Waals surface area contributed by atoms with Crippen molar-refractivity contribution in [3.05, 3.63) is 0 Å². The van der Waals surface area contributed by atoms with Gasteiger partial charge in [0.25, 0.3) is 0 Å². The summed E-state index contributed by atoms with van der Waals surface area (Å²) in [6.45, 7) is 4.27. The molecule has 6 nitrogen and oxygen atoms in total. The molecule has 0 aromatic rings. The topological polar surface area (TPSA) is 61.8 Å². The lowest BCUT2D eigenvalue weighted by molar-refractivity contribution is -0.991. The molecule has 3 saturated heterocycles. The summed E-state index contributed by atoms with van der Waals surface area (Å²) in [6, 6.07) is 0.420. The van der Waals surface area contributed by atoms with E-state index >= 15 is 4.79 Å². The Bertz CT molecular complexity index is 914. The molecular formula is C32H51ClNO5+. The van der Waals surface area contributed by atoms with Crippen LogP contribution in [0.2, 0.25) is 0 Å². The molecule has 7 heteroatoms. The number of fused-ring (bicyclic) bond motifs is 4. The van der Waals surface area contributed by atoms with Gasteiger partial charge in [0.15, 0.2) is 11.4 Å². The van der Waals surface area contributed by atoms with Gasteiger partial charge in [0, 0.05) is 45.3 Å². The summed E-state index contributed by atoms with van der Waals surface area (Å²) < 4.78 is 19.9. The zero-order valence-electron chi connectivity index (χ0n) is 24.5.